The van der Waals surface area contributed by atoms with Crippen LogP contribution in [0.25, 0.3) is 0 Å². The van der Waals surface area contributed by atoms with E-state index in [4.69, 9.17) is 21.4 Å². The molecule has 66 valence electrons. The van der Waals surface area contributed by atoms with Gasteiger partial charge in [0.05, 0.1) is 0 Å². The van der Waals surface area contributed by atoms with Crippen LogP contribution in [0, 0.1) is 6.92 Å². The first kappa shape index (κ1) is 9.75. The van der Waals surface area contributed by atoms with E-state index in [0.717, 1.165) is 5.56 Å². The first-order valence-corrected chi connectivity index (χ1v) is 4.76. The van der Waals surface area contributed by atoms with Crippen molar-refractivity contribution in [2.45, 2.75) is 6.92 Å². The van der Waals surface area contributed by atoms with Gasteiger partial charge in [0, 0.05) is 5.02 Å². The van der Waals surface area contributed by atoms with Gasteiger partial charge in [-0.1, -0.05) is 11.6 Å². The normalized spacial score (nSPS) is 10.4. The lowest BCUT2D eigenvalue weighted by molar-refractivity contribution is 0.375. The number of benzene rings is 1. The maximum absolute atomic E-state index is 8.53. The second kappa shape index (κ2) is 4.06. The lowest BCUT2D eigenvalue weighted by Gasteiger charge is -2.06. The highest BCUT2D eigenvalue weighted by Gasteiger charge is 2.03. The molecule has 0 aliphatic heterocycles. The molecular weight excluding hydrogens is 199 g/mol. The Morgan fingerprint density at radius 1 is 1.42 bits per heavy atom. The van der Waals surface area contributed by atoms with Crippen molar-refractivity contribution >= 4 is 20.2 Å². The molecular formula is C7H8ClO3P. The van der Waals surface area contributed by atoms with E-state index in [-0.39, 0.29) is 0 Å². The fourth-order valence-electron chi connectivity index (χ4n) is 0.768. The van der Waals surface area contributed by atoms with Gasteiger partial charge in [0.25, 0.3) is 0 Å². The van der Waals surface area contributed by atoms with Crippen molar-refractivity contribution in [1.82, 2.24) is 0 Å². The minimum absolute atomic E-state index is 0.410. The summed E-state index contributed by atoms with van der Waals surface area (Å²) >= 11 is 5.74. The van der Waals surface area contributed by atoms with Crippen molar-refractivity contribution in [1.29, 1.82) is 0 Å². The van der Waals surface area contributed by atoms with Gasteiger partial charge in [-0.15, -0.1) is 0 Å². The Morgan fingerprint density at radius 2 is 2.08 bits per heavy atom. The van der Waals surface area contributed by atoms with E-state index in [1.54, 1.807) is 18.2 Å². The summed E-state index contributed by atoms with van der Waals surface area (Å²) in [6.45, 7) is 1.81. The van der Waals surface area contributed by atoms with E-state index in [0.29, 0.717) is 10.8 Å². The zero-order valence-electron chi connectivity index (χ0n) is 6.36. The summed E-state index contributed by atoms with van der Waals surface area (Å²) in [5, 5.41) is 0.627. The van der Waals surface area contributed by atoms with Crippen LogP contribution in [-0.2, 0) is 0 Å². The third-order valence-corrected chi connectivity index (χ3v) is 2.11. The Labute approximate surface area is 76.6 Å². The van der Waals surface area contributed by atoms with E-state index < -0.39 is 8.60 Å². The average molecular weight is 207 g/mol. The monoisotopic (exact) mass is 206 g/mol. The molecule has 2 N–H and O–H groups in total. The summed E-state index contributed by atoms with van der Waals surface area (Å²) in [6, 6.07) is 4.87. The molecule has 0 amide bonds. The van der Waals surface area contributed by atoms with Crippen molar-refractivity contribution < 1.29 is 14.3 Å². The highest BCUT2D eigenvalue weighted by molar-refractivity contribution is 7.39. The van der Waals surface area contributed by atoms with Crippen LogP contribution >= 0.6 is 20.2 Å². The molecule has 1 aromatic carbocycles. The van der Waals surface area contributed by atoms with Gasteiger partial charge in [0.15, 0.2) is 0 Å². The Hall–Kier alpha value is -0.340. The highest BCUT2D eigenvalue weighted by Crippen LogP contribution is 2.30. The molecule has 0 unspecified atom stereocenters. The molecule has 0 saturated heterocycles. The molecule has 0 aromatic heterocycles. The summed E-state index contributed by atoms with van der Waals surface area (Å²) < 4.78 is 4.67. The van der Waals surface area contributed by atoms with E-state index in [2.05, 4.69) is 4.52 Å². The molecule has 1 rings (SSSR count). The molecule has 0 fully saturated rings. The molecule has 0 heterocycles. The van der Waals surface area contributed by atoms with E-state index in [1.807, 2.05) is 6.92 Å². The summed E-state index contributed by atoms with van der Waals surface area (Å²) in [4.78, 5) is 17.1. The minimum Gasteiger partial charge on any atom is -0.427 e. The van der Waals surface area contributed by atoms with Crippen LogP contribution < -0.4 is 4.52 Å². The number of aryl methyl sites for hydroxylation is 1. The molecule has 5 heteroatoms. The van der Waals surface area contributed by atoms with E-state index in [1.165, 1.54) is 0 Å². The van der Waals surface area contributed by atoms with Crippen molar-refractivity contribution in [2.75, 3.05) is 0 Å². The number of rotatable bonds is 2. The zero-order valence-corrected chi connectivity index (χ0v) is 8.01. The molecule has 1 aromatic rings. The van der Waals surface area contributed by atoms with Gasteiger partial charge < -0.3 is 14.3 Å². The summed E-state index contributed by atoms with van der Waals surface area (Å²) in [6.07, 6.45) is 0. The van der Waals surface area contributed by atoms with Crippen molar-refractivity contribution in [3.63, 3.8) is 0 Å². The molecule has 0 aliphatic rings. The fraction of sp³-hybridized carbons (Fsp3) is 0.143. The summed E-state index contributed by atoms with van der Waals surface area (Å²) in [5.74, 6) is 0.410. The van der Waals surface area contributed by atoms with Crippen LogP contribution in [0.5, 0.6) is 5.75 Å². The van der Waals surface area contributed by atoms with Gasteiger partial charge in [0.2, 0.25) is 0 Å². The molecule has 0 saturated carbocycles. The molecule has 0 aliphatic carbocycles. The smallest absolute Gasteiger partial charge is 0.391 e. The number of hydrogen-bond acceptors (Lipinski definition) is 3. The molecule has 0 spiro atoms. The second-order valence-corrected chi connectivity index (χ2v) is 3.35. The van der Waals surface area contributed by atoms with Crippen LogP contribution in [0.2, 0.25) is 5.02 Å². The number of halogens is 1. The predicted octanol–water partition coefficient (Wildman–Crippen LogP) is 2.24. The Balaban J connectivity index is 2.82. The Bertz CT molecular complexity index is 277. The minimum atomic E-state index is -2.34. The fourth-order valence-corrected chi connectivity index (χ4v) is 1.19. The van der Waals surface area contributed by atoms with Crippen LogP contribution in [0.15, 0.2) is 18.2 Å². The van der Waals surface area contributed by atoms with Gasteiger partial charge >= 0.3 is 8.60 Å². The van der Waals surface area contributed by atoms with E-state index in [9.17, 15) is 0 Å². The lowest BCUT2D eigenvalue weighted by Crippen LogP contribution is -1.85. The largest absolute Gasteiger partial charge is 0.427 e. The predicted molar refractivity (Wildman–Crippen MR) is 48.2 cm³/mol. The van der Waals surface area contributed by atoms with Gasteiger partial charge in [-0.3, -0.25) is 0 Å². The second-order valence-electron chi connectivity index (χ2n) is 2.26. The third-order valence-electron chi connectivity index (χ3n) is 1.32. The average Bonchev–Trinajstić information content (AvgIpc) is 1.96. The first-order valence-electron chi connectivity index (χ1n) is 3.21. The van der Waals surface area contributed by atoms with Crippen molar-refractivity contribution in [3.05, 3.63) is 28.8 Å². The van der Waals surface area contributed by atoms with E-state index >= 15 is 0 Å². The van der Waals surface area contributed by atoms with Crippen molar-refractivity contribution in [2.24, 2.45) is 0 Å². The van der Waals surface area contributed by atoms with Crippen LogP contribution in [0.4, 0.5) is 0 Å². The lowest BCUT2D eigenvalue weighted by atomic mass is 10.2. The number of hydrogen-bond donors (Lipinski definition) is 2. The molecule has 0 bridgehead atoms. The van der Waals surface area contributed by atoms with Gasteiger partial charge in [-0.25, -0.2) is 0 Å². The molecule has 12 heavy (non-hydrogen) atoms. The van der Waals surface area contributed by atoms with Crippen LogP contribution in [0.3, 0.4) is 0 Å². The Morgan fingerprint density at radius 3 is 2.58 bits per heavy atom. The van der Waals surface area contributed by atoms with Crippen molar-refractivity contribution in [3.8, 4) is 5.75 Å². The maximum Gasteiger partial charge on any atom is 0.391 e. The van der Waals surface area contributed by atoms with Gasteiger partial charge in [0.1, 0.15) is 5.75 Å². The summed E-state index contributed by atoms with van der Waals surface area (Å²) in [5.41, 5.74) is 0.839. The van der Waals surface area contributed by atoms with Crippen LogP contribution in [0.1, 0.15) is 5.56 Å². The zero-order chi connectivity index (χ0) is 9.14. The first-order chi connectivity index (χ1) is 5.59. The SMILES string of the molecule is Cc1cc(OP(O)O)ccc1Cl. The maximum atomic E-state index is 8.53. The van der Waals surface area contributed by atoms with Gasteiger partial charge in [-0.05, 0) is 30.7 Å². The topological polar surface area (TPSA) is 49.7 Å². The third kappa shape index (κ3) is 2.61. The standard InChI is InChI=1S/C7H8ClO3P/c1-5-4-6(11-12(9)10)2-3-7(5)8/h2-4,9-10H,1H3. The molecule has 0 radical (unpaired) electrons. The Kier molecular flexibility index (Phi) is 3.29. The summed E-state index contributed by atoms with van der Waals surface area (Å²) in [7, 11) is -2.34. The molecule has 3 nitrogen and oxygen atoms in total. The van der Waals surface area contributed by atoms with Crippen LogP contribution in [-0.4, -0.2) is 9.79 Å². The quantitative estimate of drug-likeness (QED) is 0.730. The van der Waals surface area contributed by atoms with Gasteiger partial charge in [-0.2, -0.15) is 0 Å². The highest BCUT2D eigenvalue weighted by atomic mass is 35.5. The molecule has 0 atom stereocenters.